The maximum atomic E-state index is 4.42. The Morgan fingerprint density at radius 1 is 1.50 bits per heavy atom. The summed E-state index contributed by atoms with van der Waals surface area (Å²) in [6.07, 6.45) is 6.73. The minimum Gasteiger partial charge on any atom is -0.314 e. The molecule has 1 N–H and O–H groups in total. The molecule has 0 radical (unpaired) electrons. The molecule has 1 unspecified atom stereocenters. The zero-order valence-corrected chi connectivity index (χ0v) is 8.66. The van der Waals surface area contributed by atoms with Crippen molar-refractivity contribution >= 4 is 0 Å². The van der Waals surface area contributed by atoms with Crippen LogP contribution in [-0.2, 0) is 6.42 Å². The number of hydrogen-bond acceptors (Lipinski definition) is 3. The second-order valence-electron chi connectivity index (χ2n) is 3.97. The summed E-state index contributed by atoms with van der Waals surface area (Å²) in [5, 5.41) is 3.51. The number of rotatable bonds is 2. The highest BCUT2D eigenvalue weighted by Gasteiger charge is 2.13. The van der Waals surface area contributed by atoms with E-state index in [4.69, 9.17) is 0 Å². The molecule has 2 rings (SSSR count). The van der Waals surface area contributed by atoms with E-state index < -0.39 is 0 Å². The van der Waals surface area contributed by atoms with E-state index in [1.54, 1.807) is 0 Å². The predicted octanol–water partition coefficient (Wildman–Crippen LogP) is 1.47. The minimum absolute atomic E-state index is 0.588. The van der Waals surface area contributed by atoms with Crippen LogP contribution in [0.25, 0.3) is 0 Å². The van der Waals surface area contributed by atoms with Gasteiger partial charge in [0, 0.05) is 24.4 Å². The average molecular weight is 191 g/mol. The monoisotopic (exact) mass is 191 g/mol. The van der Waals surface area contributed by atoms with Crippen LogP contribution in [0.5, 0.6) is 0 Å². The van der Waals surface area contributed by atoms with Gasteiger partial charge in [-0.3, -0.25) is 0 Å². The Morgan fingerprint density at radius 3 is 3.14 bits per heavy atom. The van der Waals surface area contributed by atoms with E-state index in [1.165, 1.54) is 19.3 Å². The zero-order chi connectivity index (χ0) is 9.80. The first kappa shape index (κ1) is 9.59. The molecule has 1 fully saturated rings. The highest BCUT2D eigenvalue weighted by atomic mass is 14.9. The van der Waals surface area contributed by atoms with Crippen LogP contribution in [0.15, 0.2) is 12.3 Å². The summed E-state index contributed by atoms with van der Waals surface area (Å²) in [7, 11) is 0. The van der Waals surface area contributed by atoms with Crippen LogP contribution in [0.4, 0.5) is 0 Å². The Morgan fingerprint density at radius 2 is 2.43 bits per heavy atom. The summed E-state index contributed by atoms with van der Waals surface area (Å²) in [5.41, 5.74) is 1.06. The molecule has 0 aromatic carbocycles. The fourth-order valence-electron chi connectivity index (χ4n) is 1.92. The minimum atomic E-state index is 0.588. The zero-order valence-electron chi connectivity index (χ0n) is 8.66. The SMILES string of the molecule is Cc1ccnc(CC2CCCCN2)n1. The van der Waals surface area contributed by atoms with Gasteiger partial charge in [-0.05, 0) is 32.4 Å². The molecule has 0 aliphatic carbocycles. The maximum Gasteiger partial charge on any atom is 0.130 e. The number of nitrogens with one attached hydrogen (secondary N) is 1. The van der Waals surface area contributed by atoms with Crippen LogP contribution in [0, 0.1) is 6.92 Å². The Balaban J connectivity index is 1.95. The van der Waals surface area contributed by atoms with Crippen LogP contribution in [0.3, 0.4) is 0 Å². The Bertz CT molecular complexity index is 292. The lowest BCUT2D eigenvalue weighted by atomic mass is 10.0. The molecule has 1 aromatic heterocycles. The molecule has 1 atom stereocenters. The molecule has 1 saturated heterocycles. The normalized spacial score (nSPS) is 22.2. The van der Waals surface area contributed by atoms with Crippen molar-refractivity contribution in [3.05, 3.63) is 23.8 Å². The summed E-state index contributed by atoms with van der Waals surface area (Å²) in [4.78, 5) is 8.70. The predicted molar refractivity (Wildman–Crippen MR) is 56.1 cm³/mol. The van der Waals surface area contributed by atoms with Gasteiger partial charge in [-0.15, -0.1) is 0 Å². The van der Waals surface area contributed by atoms with Crippen molar-refractivity contribution in [1.29, 1.82) is 0 Å². The van der Waals surface area contributed by atoms with Crippen molar-refractivity contribution in [3.63, 3.8) is 0 Å². The van der Waals surface area contributed by atoms with Gasteiger partial charge in [0.05, 0.1) is 0 Å². The smallest absolute Gasteiger partial charge is 0.130 e. The van der Waals surface area contributed by atoms with Crippen molar-refractivity contribution in [2.45, 2.75) is 38.6 Å². The molecular formula is C11H17N3. The van der Waals surface area contributed by atoms with E-state index >= 15 is 0 Å². The Kier molecular flexibility index (Phi) is 3.09. The van der Waals surface area contributed by atoms with Gasteiger partial charge in [-0.1, -0.05) is 6.42 Å². The number of aromatic nitrogens is 2. The summed E-state index contributed by atoms with van der Waals surface area (Å²) in [5.74, 6) is 0.976. The molecule has 0 spiro atoms. The molecule has 0 bridgehead atoms. The molecule has 1 aliphatic rings. The highest BCUT2D eigenvalue weighted by molar-refractivity contribution is 5.01. The molecule has 3 heteroatoms. The second-order valence-corrected chi connectivity index (χ2v) is 3.97. The largest absolute Gasteiger partial charge is 0.314 e. The van der Waals surface area contributed by atoms with Crippen LogP contribution in [0.2, 0.25) is 0 Å². The molecular weight excluding hydrogens is 174 g/mol. The van der Waals surface area contributed by atoms with Gasteiger partial charge < -0.3 is 5.32 Å². The van der Waals surface area contributed by atoms with Gasteiger partial charge in [-0.25, -0.2) is 9.97 Å². The average Bonchev–Trinajstić information content (AvgIpc) is 2.19. The molecule has 14 heavy (non-hydrogen) atoms. The van der Waals surface area contributed by atoms with Gasteiger partial charge >= 0.3 is 0 Å². The van der Waals surface area contributed by atoms with Gasteiger partial charge in [0.15, 0.2) is 0 Å². The quantitative estimate of drug-likeness (QED) is 0.769. The molecule has 1 aliphatic heterocycles. The molecule has 0 amide bonds. The first-order valence-corrected chi connectivity index (χ1v) is 5.36. The van der Waals surface area contributed by atoms with Crippen molar-refractivity contribution in [1.82, 2.24) is 15.3 Å². The van der Waals surface area contributed by atoms with E-state index in [0.29, 0.717) is 6.04 Å². The van der Waals surface area contributed by atoms with Crippen LogP contribution < -0.4 is 5.32 Å². The molecule has 1 aromatic rings. The number of piperidine rings is 1. The number of aryl methyl sites for hydroxylation is 1. The third-order valence-electron chi connectivity index (χ3n) is 2.69. The number of nitrogens with zero attached hydrogens (tertiary/aromatic N) is 2. The maximum absolute atomic E-state index is 4.42. The Labute approximate surface area is 85.0 Å². The fraction of sp³-hybridized carbons (Fsp3) is 0.636. The van der Waals surface area contributed by atoms with Gasteiger partial charge in [-0.2, -0.15) is 0 Å². The van der Waals surface area contributed by atoms with Crippen molar-refractivity contribution < 1.29 is 0 Å². The summed E-state index contributed by atoms with van der Waals surface area (Å²) < 4.78 is 0. The standard InChI is InChI=1S/C11H17N3/c1-9-5-7-13-11(14-9)8-10-4-2-3-6-12-10/h5,7,10,12H,2-4,6,8H2,1H3. The van der Waals surface area contributed by atoms with Crippen LogP contribution >= 0.6 is 0 Å². The van der Waals surface area contributed by atoms with E-state index in [0.717, 1.165) is 24.5 Å². The van der Waals surface area contributed by atoms with Gasteiger partial charge in [0.25, 0.3) is 0 Å². The third-order valence-corrected chi connectivity index (χ3v) is 2.69. The first-order valence-electron chi connectivity index (χ1n) is 5.36. The lowest BCUT2D eigenvalue weighted by molar-refractivity contribution is 0.394. The Hall–Kier alpha value is -0.960. The molecule has 2 heterocycles. The first-order chi connectivity index (χ1) is 6.84. The summed E-state index contributed by atoms with van der Waals surface area (Å²) in [6.45, 7) is 3.16. The highest BCUT2D eigenvalue weighted by Crippen LogP contribution is 2.10. The second kappa shape index (κ2) is 4.51. The number of hydrogen-bond donors (Lipinski definition) is 1. The van der Waals surface area contributed by atoms with Crippen molar-refractivity contribution in [2.24, 2.45) is 0 Å². The van der Waals surface area contributed by atoms with E-state index in [1.807, 2.05) is 19.2 Å². The lowest BCUT2D eigenvalue weighted by Gasteiger charge is -2.22. The van der Waals surface area contributed by atoms with E-state index in [2.05, 4.69) is 15.3 Å². The molecule has 3 nitrogen and oxygen atoms in total. The van der Waals surface area contributed by atoms with Gasteiger partial charge in [0.2, 0.25) is 0 Å². The third kappa shape index (κ3) is 2.51. The van der Waals surface area contributed by atoms with E-state index in [9.17, 15) is 0 Å². The fourth-order valence-corrected chi connectivity index (χ4v) is 1.92. The molecule has 0 saturated carbocycles. The van der Waals surface area contributed by atoms with E-state index in [-0.39, 0.29) is 0 Å². The van der Waals surface area contributed by atoms with Gasteiger partial charge in [0.1, 0.15) is 5.82 Å². The molecule has 76 valence electrons. The van der Waals surface area contributed by atoms with Crippen molar-refractivity contribution in [3.8, 4) is 0 Å². The topological polar surface area (TPSA) is 37.8 Å². The van der Waals surface area contributed by atoms with Crippen LogP contribution in [-0.4, -0.2) is 22.6 Å². The summed E-state index contributed by atoms with van der Waals surface area (Å²) >= 11 is 0. The van der Waals surface area contributed by atoms with Crippen molar-refractivity contribution in [2.75, 3.05) is 6.54 Å². The lowest BCUT2D eigenvalue weighted by Crippen LogP contribution is -2.36. The summed E-state index contributed by atoms with van der Waals surface area (Å²) in [6, 6.07) is 2.53. The van der Waals surface area contributed by atoms with Crippen LogP contribution in [0.1, 0.15) is 30.8 Å².